The minimum Gasteiger partial charge on any atom is -0.370 e. The van der Waals surface area contributed by atoms with Crippen LogP contribution in [0.3, 0.4) is 0 Å². The Morgan fingerprint density at radius 2 is 1.95 bits per heavy atom. The van der Waals surface area contributed by atoms with Gasteiger partial charge in [-0.1, -0.05) is 6.92 Å². The Morgan fingerprint density at radius 3 is 2.82 bits per heavy atom. The molecule has 5 aliphatic rings. The average Bonchev–Trinajstić information content (AvgIpc) is 3.02. The fourth-order valence-electron chi connectivity index (χ4n) is 7.31. The first-order valence-corrected chi connectivity index (χ1v) is 9.22. The quantitative estimate of drug-likeness (QED) is 0.690. The summed E-state index contributed by atoms with van der Waals surface area (Å²) in [5.74, 6) is 3.45. The van der Waals surface area contributed by atoms with Crippen LogP contribution in [0.1, 0.15) is 58.3 Å². The largest absolute Gasteiger partial charge is 0.370 e. The van der Waals surface area contributed by atoms with Gasteiger partial charge in [-0.05, 0) is 62.2 Å². The highest BCUT2D eigenvalue weighted by atomic mass is 16.5. The Bertz CT molecular complexity index is 555. The van der Waals surface area contributed by atoms with E-state index in [0.717, 1.165) is 38.7 Å². The standard InChI is InChI=1S/C19H26O3/c1-18-7-6-14-12(13(18)4-5-17(18)21)3-2-11-8-15(20)16-9-19(11,14)10-22-16/h11-14,16H,2-10H2,1H3/t11-,12-,13-,14-,16-,18-,19+/m0/s1. The number of ether oxygens (including phenoxy) is 1. The van der Waals surface area contributed by atoms with E-state index in [-0.39, 0.29) is 16.9 Å². The number of carbonyl (C=O) groups excluding carboxylic acids is 2. The van der Waals surface area contributed by atoms with Crippen LogP contribution in [0.2, 0.25) is 0 Å². The van der Waals surface area contributed by atoms with E-state index < -0.39 is 0 Å². The van der Waals surface area contributed by atoms with E-state index in [1.54, 1.807) is 0 Å². The molecule has 120 valence electrons. The monoisotopic (exact) mass is 302 g/mol. The van der Waals surface area contributed by atoms with Crippen LogP contribution in [0.5, 0.6) is 0 Å². The first-order chi connectivity index (χ1) is 10.5. The van der Waals surface area contributed by atoms with E-state index in [9.17, 15) is 9.59 Å². The molecule has 0 radical (unpaired) electrons. The summed E-state index contributed by atoms with van der Waals surface area (Å²) in [7, 11) is 0. The van der Waals surface area contributed by atoms with Gasteiger partial charge in [0.25, 0.3) is 0 Å². The molecule has 0 unspecified atom stereocenters. The van der Waals surface area contributed by atoms with Gasteiger partial charge in [0, 0.05) is 23.7 Å². The molecule has 22 heavy (non-hydrogen) atoms. The number of hydrogen-bond donors (Lipinski definition) is 0. The number of carbonyl (C=O) groups is 2. The third-order valence-electron chi connectivity index (χ3n) is 8.47. The maximum absolute atomic E-state index is 12.4. The van der Waals surface area contributed by atoms with Crippen LogP contribution in [-0.2, 0) is 14.3 Å². The van der Waals surface area contributed by atoms with Gasteiger partial charge in [-0.15, -0.1) is 0 Å². The fraction of sp³-hybridized carbons (Fsp3) is 0.895. The van der Waals surface area contributed by atoms with Crippen molar-refractivity contribution in [2.75, 3.05) is 6.61 Å². The molecule has 4 aliphatic carbocycles. The van der Waals surface area contributed by atoms with Crippen LogP contribution in [0.4, 0.5) is 0 Å². The lowest BCUT2D eigenvalue weighted by Gasteiger charge is -2.58. The molecule has 1 heterocycles. The summed E-state index contributed by atoms with van der Waals surface area (Å²) in [6.07, 6.45) is 8.23. The zero-order valence-corrected chi connectivity index (χ0v) is 13.5. The molecule has 1 aliphatic heterocycles. The molecule has 0 amide bonds. The zero-order chi connectivity index (χ0) is 15.1. The molecule has 4 saturated carbocycles. The molecule has 2 bridgehead atoms. The molecule has 5 fully saturated rings. The predicted octanol–water partition coefficient (Wildman–Crippen LogP) is 3.16. The van der Waals surface area contributed by atoms with Crippen LogP contribution in [0, 0.1) is 34.5 Å². The van der Waals surface area contributed by atoms with Crippen molar-refractivity contribution in [2.24, 2.45) is 34.5 Å². The lowest BCUT2D eigenvalue weighted by Crippen LogP contribution is -2.55. The van der Waals surface area contributed by atoms with E-state index in [1.807, 2.05) is 0 Å². The van der Waals surface area contributed by atoms with E-state index in [2.05, 4.69) is 6.92 Å². The van der Waals surface area contributed by atoms with E-state index in [0.29, 0.717) is 35.2 Å². The normalized spacial score (nSPS) is 56.5. The molecule has 5 rings (SSSR count). The Balaban J connectivity index is 1.52. The fourth-order valence-corrected chi connectivity index (χ4v) is 7.31. The lowest BCUT2D eigenvalue weighted by molar-refractivity contribution is -0.141. The van der Waals surface area contributed by atoms with Crippen molar-refractivity contribution in [2.45, 2.75) is 64.4 Å². The van der Waals surface area contributed by atoms with Crippen molar-refractivity contribution >= 4 is 11.6 Å². The number of hydrogen-bond acceptors (Lipinski definition) is 3. The number of Topliss-reactive ketones (excluding diaryl/α,β-unsaturated/α-hetero) is 2. The highest BCUT2D eigenvalue weighted by molar-refractivity contribution is 5.87. The molecule has 1 spiro atoms. The van der Waals surface area contributed by atoms with Crippen molar-refractivity contribution in [1.82, 2.24) is 0 Å². The summed E-state index contributed by atoms with van der Waals surface area (Å²) in [5.41, 5.74) is 0.239. The topological polar surface area (TPSA) is 43.4 Å². The van der Waals surface area contributed by atoms with Gasteiger partial charge in [-0.3, -0.25) is 9.59 Å². The smallest absolute Gasteiger partial charge is 0.161 e. The second-order valence-corrected chi connectivity index (χ2v) is 8.98. The van der Waals surface area contributed by atoms with E-state index >= 15 is 0 Å². The van der Waals surface area contributed by atoms with Gasteiger partial charge in [-0.25, -0.2) is 0 Å². The second kappa shape index (κ2) is 4.23. The number of rotatable bonds is 0. The van der Waals surface area contributed by atoms with E-state index in [4.69, 9.17) is 4.74 Å². The summed E-state index contributed by atoms with van der Waals surface area (Å²) in [5, 5.41) is 0. The third-order valence-corrected chi connectivity index (χ3v) is 8.47. The maximum Gasteiger partial charge on any atom is 0.161 e. The third kappa shape index (κ3) is 1.47. The van der Waals surface area contributed by atoms with Crippen LogP contribution in [-0.4, -0.2) is 24.3 Å². The molecule has 0 N–H and O–H groups in total. The molecular formula is C19H26O3. The summed E-state index contributed by atoms with van der Waals surface area (Å²) in [6, 6.07) is 0. The van der Waals surface area contributed by atoms with Crippen molar-refractivity contribution in [3.05, 3.63) is 0 Å². The summed E-state index contributed by atoms with van der Waals surface area (Å²) in [6.45, 7) is 3.05. The van der Waals surface area contributed by atoms with Crippen LogP contribution in [0.15, 0.2) is 0 Å². The van der Waals surface area contributed by atoms with Gasteiger partial charge in [0.05, 0.1) is 6.61 Å². The molecular weight excluding hydrogens is 276 g/mol. The maximum atomic E-state index is 12.4. The number of ketones is 2. The Labute approximate surface area is 132 Å². The van der Waals surface area contributed by atoms with Gasteiger partial charge < -0.3 is 4.74 Å². The van der Waals surface area contributed by atoms with Crippen LogP contribution in [0.25, 0.3) is 0 Å². The first-order valence-electron chi connectivity index (χ1n) is 9.22. The lowest BCUT2D eigenvalue weighted by atomic mass is 9.45. The minimum absolute atomic E-state index is 0.0337. The molecule has 0 aromatic rings. The summed E-state index contributed by atoms with van der Waals surface area (Å²) >= 11 is 0. The second-order valence-electron chi connectivity index (χ2n) is 8.98. The molecule has 7 atom stereocenters. The Kier molecular flexibility index (Phi) is 2.63. The van der Waals surface area contributed by atoms with Gasteiger partial charge in [-0.2, -0.15) is 0 Å². The SMILES string of the molecule is C[C@]12CC[C@H]3[C@@H](CC[C@H]4CC(=O)[C@@H]5C[C@@]43CO5)[C@@H]1CCC2=O. The highest BCUT2D eigenvalue weighted by Gasteiger charge is 2.64. The average molecular weight is 302 g/mol. The summed E-state index contributed by atoms with van der Waals surface area (Å²) < 4.78 is 5.94. The van der Waals surface area contributed by atoms with Crippen molar-refractivity contribution in [3.8, 4) is 0 Å². The number of fused-ring (bicyclic) bond motifs is 4. The predicted molar refractivity (Wildman–Crippen MR) is 81.2 cm³/mol. The van der Waals surface area contributed by atoms with Crippen molar-refractivity contribution in [1.29, 1.82) is 0 Å². The van der Waals surface area contributed by atoms with Gasteiger partial charge >= 0.3 is 0 Å². The molecule has 0 aromatic heterocycles. The first kappa shape index (κ1) is 13.7. The molecule has 1 saturated heterocycles. The minimum atomic E-state index is -0.103. The Morgan fingerprint density at radius 1 is 1.09 bits per heavy atom. The summed E-state index contributed by atoms with van der Waals surface area (Å²) in [4.78, 5) is 24.6. The van der Waals surface area contributed by atoms with Crippen LogP contribution < -0.4 is 0 Å². The zero-order valence-electron chi connectivity index (χ0n) is 13.5. The Hall–Kier alpha value is -0.700. The molecule has 0 aromatic carbocycles. The molecule has 3 heteroatoms. The molecule has 3 nitrogen and oxygen atoms in total. The van der Waals surface area contributed by atoms with Crippen molar-refractivity contribution in [3.63, 3.8) is 0 Å². The van der Waals surface area contributed by atoms with Gasteiger partial charge in [0.15, 0.2) is 5.78 Å². The van der Waals surface area contributed by atoms with Crippen LogP contribution >= 0.6 is 0 Å². The van der Waals surface area contributed by atoms with Gasteiger partial charge in [0.2, 0.25) is 0 Å². The van der Waals surface area contributed by atoms with Crippen molar-refractivity contribution < 1.29 is 14.3 Å². The van der Waals surface area contributed by atoms with Gasteiger partial charge in [0.1, 0.15) is 11.9 Å². The highest BCUT2D eigenvalue weighted by Crippen LogP contribution is 2.66. The van der Waals surface area contributed by atoms with E-state index in [1.165, 1.54) is 19.3 Å².